The molecule has 2 rings (SSSR count). The molecule has 6 nitrogen and oxygen atoms in total. The van der Waals surface area contributed by atoms with Crippen LogP contribution in [0.2, 0.25) is 0 Å². The van der Waals surface area contributed by atoms with E-state index >= 15 is 0 Å². The van der Waals surface area contributed by atoms with Gasteiger partial charge >= 0.3 is 0 Å². The Hall–Kier alpha value is -1.47. The van der Waals surface area contributed by atoms with E-state index in [0.29, 0.717) is 42.7 Å². The number of hydrogen-bond donors (Lipinski definition) is 1. The van der Waals surface area contributed by atoms with E-state index in [1.165, 1.54) is 0 Å². The summed E-state index contributed by atoms with van der Waals surface area (Å²) in [5.41, 5.74) is 0. The van der Waals surface area contributed by atoms with Gasteiger partial charge in [0.05, 0.1) is 12.4 Å². The molecule has 1 aliphatic heterocycles. The maximum Gasteiger partial charge on any atom is 0.231 e. The molecule has 0 aromatic heterocycles. The Kier molecular flexibility index (Phi) is 5.30. The van der Waals surface area contributed by atoms with Gasteiger partial charge in [-0.1, -0.05) is 13.8 Å². The summed E-state index contributed by atoms with van der Waals surface area (Å²) in [6.45, 7) is 4.95. The smallest absolute Gasteiger partial charge is 0.231 e. The molecule has 118 valence electrons. The molecule has 0 saturated carbocycles. The van der Waals surface area contributed by atoms with Gasteiger partial charge in [-0.15, -0.1) is 0 Å². The highest BCUT2D eigenvalue weighted by molar-refractivity contribution is 7.89. The third-order valence-electron chi connectivity index (χ3n) is 2.88. The highest BCUT2D eigenvalue weighted by Crippen LogP contribution is 2.35. The normalized spacial score (nSPS) is 13.7. The highest BCUT2D eigenvalue weighted by atomic mass is 32.2. The van der Waals surface area contributed by atoms with E-state index in [1.807, 2.05) is 13.8 Å². The van der Waals surface area contributed by atoms with E-state index in [0.717, 1.165) is 0 Å². The van der Waals surface area contributed by atoms with Crippen LogP contribution in [0.5, 0.6) is 17.2 Å². The van der Waals surface area contributed by atoms with Crippen molar-refractivity contribution in [1.82, 2.24) is 4.72 Å². The molecule has 7 heteroatoms. The van der Waals surface area contributed by atoms with Crippen LogP contribution in [0.1, 0.15) is 20.3 Å². The Balaban J connectivity index is 1.72. The maximum absolute atomic E-state index is 11.7. The Bertz CT molecular complexity index is 571. The molecule has 1 aromatic carbocycles. The molecule has 1 aliphatic rings. The summed E-state index contributed by atoms with van der Waals surface area (Å²) < 4.78 is 41.9. The SMILES string of the molecule is CC(C)CNS(=O)(=O)CCCOc1ccc2c(c1)OCO2. The van der Waals surface area contributed by atoms with Crippen LogP contribution in [-0.4, -0.2) is 34.1 Å². The minimum atomic E-state index is -3.22. The van der Waals surface area contributed by atoms with Gasteiger partial charge in [0.1, 0.15) is 5.75 Å². The van der Waals surface area contributed by atoms with Gasteiger partial charge in [0.2, 0.25) is 16.8 Å². The summed E-state index contributed by atoms with van der Waals surface area (Å²) in [4.78, 5) is 0. The lowest BCUT2D eigenvalue weighted by molar-refractivity contribution is 0.173. The van der Waals surface area contributed by atoms with Crippen molar-refractivity contribution >= 4 is 10.0 Å². The van der Waals surface area contributed by atoms with Crippen LogP contribution in [0, 0.1) is 5.92 Å². The Labute approximate surface area is 125 Å². The Morgan fingerprint density at radius 3 is 2.81 bits per heavy atom. The molecule has 21 heavy (non-hydrogen) atoms. The summed E-state index contributed by atoms with van der Waals surface area (Å²) in [6.07, 6.45) is 0.432. The molecule has 0 bridgehead atoms. The number of nitrogens with one attached hydrogen (secondary N) is 1. The predicted molar refractivity (Wildman–Crippen MR) is 79.3 cm³/mol. The molecular weight excluding hydrogens is 294 g/mol. The lowest BCUT2D eigenvalue weighted by atomic mass is 10.2. The monoisotopic (exact) mass is 315 g/mol. The highest BCUT2D eigenvalue weighted by Gasteiger charge is 2.14. The van der Waals surface area contributed by atoms with Crippen LogP contribution < -0.4 is 18.9 Å². The third kappa shape index (κ3) is 5.09. The van der Waals surface area contributed by atoms with Crippen LogP contribution in [0.3, 0.4) is 0 Å². The third-order valence-corrected chi connectivity index (χ3v) is 4.31. The van der Waals surface area contributed by atoms with E-state index in [9.17, 15) is 8.42 Å². The van der Waals surface area contributed by atoms with Gasteiger partial charge in [0.15, 0.2) is 11.5 Å². The number of benzene rings is 1. The van der Waals surface area contributed by atoms with Gasteiger partial charge in [0, 0.05) is 12.6 Å². The van der Waals surface area contributed by atoms with E-state index in [4.69, 9.17) is 14.2 Å². The van der Waals surface area contributed by atoms with Crippen molar-refractivity contribution in [2.24, 2.45) is 5.92 Å². The molecule has 0 amide bonds. The molecule has 0 atom stereocenters. The zero-order valence-electron chi connectivity index (χ0n) is 12.3. The molecule has 0 spiro atoms. The first kappa shape index (κ1) is 15.9. The van der Waals surface area contributed by atoms with E-state index < -0.39 is 10.0 Å². The number of ether oxygens (including phenoxy) is 3. The average molecular weight is 315 g/mol. The summed E-state index contributed by atoms with van der Waals surface area (Å²) in [7, 11) is -3.22. The largest absolute Gasteiger partial charge is 0.493 e. The van der Waals surface area contributed by atoms with Crippen molar-refractivity contribution in [3.05, 3.63) is 18.2 Å². The minimum absolute atomic E-state index is 0.0598. The predicted octanol–water partition coefficient (Wildman–Crippen LogP) is 1.76. The second kappa shape index (κ2) is 7.00. The zero-order valence-corrected chi connectivity index (χ0v) is 13.1. The molecule has 0 radical (unpaired) electrons. The van der Waals surface area contributed by atoms with Gasteiger partial charge in [-0.3, -0.25) is 0 Å². The molecule has 0 fully saturated rings. The van der Waals surface area contributed by atoms with Crippen LogP contribution in [-0.2, 0) is 10.0 Å². The van der Waals surface area contributed by atoms with Crippen LogP contribution in [0.4, 0.5) is 0 Å². The van der Waals surface area contributed by atoms with E-state index in [2.05, 4.69) is 4.72 Å². The van der Waals surface area contributed by atoms with Crippen molar-refractivity contribution in [1.29, 1.82) is 0 Å². The van der Waals surface area contributed by atoms with Crippen molar-refractivity contribution < 1.29 is 22.6 Å². The maximum atomic E-state index is 11.7. The molecule has 0 saturated heterocycles. The number of sulfonamides is 1. The summed E-state index contributed by atoms with van der Waals surface area (Å²) in [5, 5.41) is 0. The van der Waals surface area contributed by atoms with Gasteiger partial charge in [-0.05, 0) is 24.5 Å². The van der Waals surface area contributed by atoms with E-state index in [-0.39, 0.29) is 12.5 Å². The van der Waals surface area contributed by atoms with Crippen molar-refractivity contribution in [3.8, 4) is 17.2 Å². The molecule has 1 aromatic rings. The first-order chi connectivity index (χ1) is 9.96. The number of hydrogen-bond acceptors (Lipinski definition) is 5. The lowest BCUT2D eigenvalue weighted by Gasteiger charge is -2.09. The first-order valence-electron chi connectivity index (χ1n) is 6.96. The quantitative estimate of drug-likeness (QED) is 0.740. The second-order valence-electron chi connectivity index (χ2n) is 5.28. The standard InChI is InChI=1S/C14H21NO5S/c1-11(2)9-15-21(16,17)7-3-6-18-12-4-5-13-14(8-12)20-10-19-13/h4-5,8,11,15H,3,6-7,9-10H2,1-2H3. The lowest BCUT2D eigenvalue weighted by Crippen LogP contribution is -2.30. The van der Waals surface area contributed by atoms with Crippen LogP contribution in [0.15, 0.2) is 18.2 Å². The van der Waals surface area contributed by atoms with Gasteiger partial charge in [-0.2, -0.15) is 0 Å². The summed E-state index contributed by atoms with van der Waals surface area (Å²) in [5.74, 6) is 2.35. The Morgan fingerprint density at radius 1 is 1.29 bits per heavy atom. The molecule has 1 N–H and O–H groups in total. The minimum Gasteiger partial charge on any atom is -0.493 e. The van der Waals surface area contributed by atoms with Crippen molar-refractivity contribution in [2.45, 2.75) is 20.3 Å². The molecule has 1 heterocycles. The van der Waals surface area contributed by atoms with E-state index in [1.54, 1.807) is 18.2 Å². The fraction of sp³-hybridized carbons (Fsp3) is 0.571. The van der Waals surface area contributed by atoms with Crippen LogP contribution in [0.25, 0.3) is 0 Å². The average Bonchev–Trinajstić information content (AvgIpc) is 2.89. The second-order valence-corrected chi connectivity index (χ2v) is 7.20. The zero-order chi connectivity index (χ0) is 15.3. The first-order valence-corrected chi connectivity index (χ1v) is 8.61. The summed E-state index contributed by atoms with van der Waals surface area (Å²) in [6, 6.07) is 5.30. The summed E-state index contributed by atoms with van der Waals surface area (Å²) >= 11 is 0. The number of fused-ring (bicyclic) bond motifs is 1. The fourth-order valence-electron chi connectivity index (χ4n) is 1.77. The molecule has 0 aliphatic carbocycles. The molecular formula is C14H21NO5S. The van der Waals surface area contributed by atoms with Gasteiger partial charge < -0.3 is 14.2 Å². The Morgan fingerprint density at radius 2 is 2.05 bits per heavy atom. The van der Waals surface area contributed by atoms with Gasteiger partial charge in [-0.25, -0.2) is 13.1 Å². The van der Waals surface area contributed by atoms with Gasteiger partial charge in [0.25, 0.3) is 0 Å². The van der Waals surface area contributed by atoms with Crippen molar-refractivity contribution in [3.63, 3.8) is 0 Å². The fourth-order valence-corrected chi connectivity index (χ4v) is 3.00. The van der Waals surface area contributed by atoms with Crippen molar-refractivity contribution in [2.75, 3.05) is 25.7 Å². The topological polar surface area (TPSA) is 73.9 Å². The molecule has 0 unspecified atom stereocenters. The van der Waals surface area contributed by atoms with Crippen LogP contribution >= 0.6 is 0 Å². The number of rotatable bonds is 8.